The molecule has 2 aromatic heterocycles. The number of carbonyl (C=O) groups excluding carboxylic acids is 1. The van der Waals surface area contributed by atoms with Gasteiger partial charge in [-0.3, -0.25) is 14.2 Å². The maximum atomic E-state index is 12.7. The van der Waals surface area contributed by atoms with Crippen LogP contribution >= 0.6 is 23.1 Å². The number of carbonyl (C=O) groups is 1. The van der Waals surface area contributed by atoms with Gasteiger partial charge >= 0.3 is 0 Å². The number of nitrogens with one attached hydrogen (secondary N) is 1. The van der Waals surface area contributed by atoms with Crippen LogP contribution in [-0.4, -0.2) is 34.9 Å². The fraction of sp³-hybridized carbons (Fsp3) is 0.350. The smallest absolute Gasteiger partial charge is 0.272 e. The maximum absolute atomic E-state index is 12.7. The second-order valence-corrected chi connectivity index (χ2v) is 8.48. The number of rotatable bonds is 7. The molecule has 1 amide bonds. The lowest BCUT2D eigenvalue weighted by Crippen LogP contribution is -2.29. The zero-order valence-electron chi connectivity index (χ0n) is 15.5. The number of thioether (sulfide) groups is 1. The van der Waals surface area contributed by atoms with Crippen molar-refractivity contribution in [3.63, 3.8) is 0 Å². The van der Waals surface area contributed by atoms with Gasteiger partial charge in [0.15, 0.2) is 5.16 Å². The van der Waals surface area contributed by atoms with E-state index < -0.39 is 0 Å². The molecule has 3 aromatic rings. The molecule has 6 nitrogen and oxygen atoms in total. The van der Waals surface area contributed by atoms with Crippen molar-refractivity contribution >= 4 is 39.2 Å². The van der Waals surface area contributed by atoms with Crippen LogP contribution in [0.2, 0.25) is 0 Å². The van der Waals surface area contributed by atoms with Gasteiger partial charge in [-0.15, -0.1) is 11.3 Å². The minimum Gasteiger partial charge on any atom is -0.383 e. The number of aromatic nitrogens is 2. The second-order valence-electron chi connectivity index (χ2n) is 6.63. The lowest BCUT2D eigenvalue weighted by Gasteiger charge is -2.15. The van der Waals surface area contributed by atoms with Gasteiger partial charge < -0.3 is 10.1 Å². The van der Waals surface area contributed by atoms with Crippen LogP contribution in [0.15, 0.2) is 45.7 Å². The van der Waals surface area contributed by atoms with Crippen molar-refractivity contribution < 1.29 is 9.53 Å². The second kappa shape index (κ2) is 8.46. The number of fused-ring (bicyclic) bond motifs is 2. The van der Waals surface area contributed by atoms with Crippen LogP contribution in [0.5, 0.6) is 0 Å². The first-order chi connectivity index (χ1) is 13.7. The van der Waals surface area contributed by atoms with E-state index in [1.807, 2.05) is 23.6 Å². The molecule has 0 radical (unpaired) electrons. The molecule has 1 aromatic carbocycles. The van der Waals surface area contributed by atoms with E-state index in [4.69, 9.17) is 4.74 Å². The van der Waals surface area contributed by atoms with Crippen molar-refractivity contribution in [1.29, 1.82) is 0 Å². The van der Waals surface area contributed by atoms with E-state index in [1.165, 1.54) is 34.2 Å². The van der Waals surface area contributed by atoms with Gasteiger partial charge in [0.2, 0.25) is 5.91 Å². The van der Waals surface area contributed by atoms with Crippen LogP contribution < -0.4 is 10.9 Å². The van der Waals surface area contributed by atoms with Crippen molar-refractivity contribution in [2.24, 2.45) is 0 Å². The molecule has 8 heteroatoms. The predicted molar refractivity (Wildman–Crippen MR) is 112 cm³/mol. The summed E-state index contributed by atoms with van der Waals surface area (Å²) in [6.45, 7) is 0.827. The van der Waals surface area contributed by atoms with Gasteiger partial charge in [0.1, 0.15) is 4.70 Å². The minimum atomic E-state index is -0.0790. The van der Waals surface area contributed by atoms with Crippen molar-refractivity contribution in [1.82, 2.24) is 14.9 Å². The van der Waals surface area contributed by atoms with Gasteiger partial charge in [-0.1, -0.05) is 36.0 Å². The average molecular weight is 416 g/mol. The monoisotopic (exact) mass is 415 g/mol. The summed E-state index contributed by atoms with van der Waals surface area (Å²) in [5.41, 5.74) is 3.11. The van der Waals surface area contributed by atoms with Crippen molar-refractivity contribution in [2.45, 2.75) is 30.6 Å². The molecule has 0 unspecified atom stereocenters. The Labute approximate surface area is 170 Å². The normalized spacial score (nSPS) is 15.7. The van der Waals surface area contributed by atoms with Gasteiger partial charge in [0.05, 0.1) is 30.5 Å². The Morgan fingerprint density at radius 1 is 1.39 bits per heavy atom. The first-order valence-electron chi connectivity index (χ1n) is 9.14. The van der Waals surface area contributed by atoms with E-state index in [9.17, 15) is 9.59 Å². The van der Waals surface area contributed by atoms with E-state index in [-0.39, 0.29) is 23.3 Å². The van der Waals surface area contributed by atoms with E-state index in [1.54, 1.807) is 11.7 Å². The largest absolute Gasteiger partial charge is 0.383 e. The Morgan fingerprint density at radius 3 is 3.11 bits per heavy atom. The van der Waals surface area contributed by atoms with Crippen molar-refractivity contribution in [3.8, 4) is 0 Å². The van der Waals surface area contributed by atoms with E-state index in [0.29, 0.717) is 28.5 Å². The Morgan fingerprint density at radius 2 is 2.25 bits per heavy atom. The summed E-state index contributed by atoms with van der Waals surface area (Å²) in [7, 11) is 1.60. The van der Waals surface area contributed by atoms with Gasteiger partial charge in [-0.05, 0) is 35.4 Å². The summed E-state index contributed by atoms with van der Waals surface area (Å²) in [6, 6.07) is 10.1. The van der Waals surface area contributed by atoms with Crippen LogP contribution in [0.25, 0.3) is 10.2 Å². The van der Waals surface area contributed by atoms with Crippen LogP contribution in [0.1, 0.15) is 23.6 Å². The summed E-state index contributed by atoms with van der Waals surface area (Å²) < 4.78 is 7.36. The Bertz CT molecular complexity index is 1060. The molecule has 1 aliphatic carbocycles. The molecule has 4 rings (SSSR count). The van der Waals surface area contributed by atoms with Gasteiger partial charge in [-0.2, -0.15) is 0 Å². The third-order valence-electron chi connectivity index (χ3n) is 4.85. The highest BCUT2D eigenvalue weighted by Crippen LogP contribution is 2.31. The van der Waals surface area contributed by atoms with Crippen molar-refractivity contribution in [2.75, 3.05) is 19.5 Å². The molecule has 0 saturated carbocycles. The number of hydrogen-bond acceptors (Lipinski definition) is 6. The lowest BCUT2D eigenvalue weighted by molar-refractivity contribution is -0.119. The molecule has 0 spiro atoms. The van der Waals surface area contributed by atoms with Gasteiger partial charge in [-0.25, -0.2) is 4.98 Å². The molecule has 0 fully saturated rings. The topological polar surface area (TPSA) is 73.2 Å². The molecule has 146 valence electrons. The van der Waals surface area contributed by atoms with E-state index in [2.05, 4.69) is 22.4 Å². The number of benzene rings is 1. The number of nitrogens with zero attached hydrogens (tertiary/aromatic N) is 2. The predicted octanol–water partition coefficient (Wildman–Crippen LogP) is 3.00. The third-order valence-corrected chi connectivity index (χ3v) is 6.72. The summed E-state index contributed by atoms with van der Waals surface area (Å²) in [5, 5.41) is 5.53. The fourth-order valence-corrected chi connectivity index (χ4v) is 5.10. The van der Waals surface area contributed by atoms with Crippen LogP contribution in [0.4, 0.5) is 0 Å². The highest BCUT2D eigenvalue weighted by Gasteiger charge is 2.23. The van der Waals surface area contributed by atoms with E-state index in [0.717, 1.165) is 12.8 Å². The first kappa shape index (κ1) is 19.2. The number of thiophene rings is 1. The Kier molecular flexibility index (Phi) is 5.79. The van der Waals surface area contributed by atoms with E-state index >= 15 is 0 Å². The molecule has 1 atom stereocenters. The fourth-order valence-electron chi connectivity index (χ4n) is 3.49. The molecule has 2 heterocycles. The summed E-state index contributed by atoms with van der Waals surface area (Å²) in [4.78, 5) is 29.9. The molecule has 0 bridgehead atoms. The number of aryl methyl sites for hydroxylation is 1. The maximum Gasteiger partial charge on any atom is 0.272 e. The molecular weight excluding hydrogens is 394 g/mol. The number of hydrogen-bond donors (Lipinski definition) is 1. The Hall–Kier alpha value is -2.16. The van der Waals surface area contributed by atoms with Crippen LogP contribution in [0, 0.1) is 0 Å². The van der Waals surface area contributed by atoms with Crippen LogP contribution in [-0.2, 0) is 22.5 Å². The molecule has 0 saturated heterocycles. The standard InChI is InChI=1S/C20H21N3O3S2/c1-26-10-9-23-19(25)18-16(8-11-27-18)22-20(23)28-12-17(24)21-15-7-6-13-4-2-3-5-14(13)15/h2-5,8,11,15H,6-7,9-10,12H2,1H3,(H,21,24)/t15-/m0/s1. The number of ether oxygens (including phenoxy) is 1. The molecule has 0 aliphatic heterocycles. The average Bonchev–Trinajstić information content (AvgIpc) is 3.33. The van der Waals surface area contributed by atoms with Gasteiger partial charge in [0.25, 0.3) is 5.56 Å². The minimum absolute atomic E-state index is 0.0512. The lowest BCUT2D eigenvalue weighted by atomic mass is 10.1. The summed E-state index contributed by atoms with van der Waals surface area (Å²) in [6.07, 6.45) is 1.91. The third kappa shape index (κ3) is 3.85. The summed E-state index contributed by atoms with van der Waals surface area (Å²) >= 11 is 2.68. The Balaban J connectivity index is 1.47. The molecule has 1 aliphatic rings. The van der Waals surface area contributed by atoms with Crippen molar-refractivity contribution in [3.05, 3.63) is 57.2 Å². The number of amides is 1. The number of methoxy groups -OCH3 is 1. The quantitative estimate of drug-likeness (QED) is 0.474. The van der Waals surface area contributed by atoms with Gasteiger partial charge in [0, 0.05) is 7.11 Å². The first-order valence-corrected chi connectivity index (χ1v) is 11.0. The highest BCUT2D eigenvalue weighted by atomic mass is 32.2. The zero-order chi connectivity index (χ0) is 19.5. The SMILES string of the molecule is COCCn1c(SCC(=O)N[C@H]2CCc3ccccc32)nc2ccsc2c1=O. The highest BCUT2D eigenvalue weighted by molar-refractivity contribution is 7.99. The zero-order valence-corrected chi connectivity index (χ0v) is 17.1. The molecular formula is C20H21N3O3S2. The summed E-state index contributed by atoms with van der Waals surface area (Å²) in [5.74, 6) is 0.165. The molecule has 1 N–H and O–H groups in total. The van der Waals surface area contributed by atoms with Crippen LogP contribution in [0.3, 0.4) is 0 Å². The molecule has 28 heavy (non-hydrogen) atoms.